The smallest absolute Gasteiger partial charge is 0.262 e. The number of rotatable bonds is 6. The molecule has 2 aromatic heterocycles. The van der Waals surface area contributed by atoms with Crippen LogP contribution in [0.25, 0.3) is 10.9 Å². The van der Waals surface area contributed by atoms with Crippen LogP contribution in [0.3, 0.4) is 0 Å². The van der Waals surface area contributed by atoms with Gasteiger partial charge in [0.05, 0.1) is 16.9 Å². The Balaban J connectivity index is 1.55. The first-order chi connectivity index (χ1) is 14.1. The van der Waals surface area contributed by atoms with E-state index < -0.39 is 0 Å². The van der Waals surface area contributed by atoms with E-state index in [2.05, 4.69) is 32.7 Å². The van der Waals surface area contributed by atoms with Gasteiger partial charge in [0.15, 0.2) is 4.77 Å². The number of fused-ring (bicyclic) bond motifs is 1. The van der Waals surface area contributed by atoms with Gasteiger partial charge in [-0.1, -0.05) is 6.07 Å². The Bertz CT molecular complexity index is 1130. The molecule has 1 aromatic carbocycles. The molecule has 2 N–H and O–H groups in total. The van der Waals surface area contributed by atoms with Gasteiger partial charge in [0.1, 0.15) is 0 Å². The maximum atomic E-state index is 12.8. The Labute approximate surface area is 178 Å². The van der Waals surface area contributed by atoms with Gasteiger partial charge in [-0.3, -0.25) is 19.1 Å². The molecule has 0 aliphatic carbocycles. The molecule has 1 unspecified atom stereocenters. The molecule has 0 radical (unpaired) electrons. The number of hydrogen-bond acceptors (Lipinski definition) is 5. The summed E-state index contributed by atoms with van der Waals surface area (Å²) in [6.45, 7) is 5.07. The number of nitrogens with one attached hydrogen (secondary N) is 2. The highest BCUT2D eigenvalue weighted by atomic mass is 32.1. The summed E-state index contributed by atoms with van der Waals surface area (Å²) in [5.74, 6) is -0.147. The van der Waals surface area contributed by atoms with Gasteiger partial charge in [-0.15, -0.1) is 11.3 Å². The van der Waals surface area contributed by atoms with E-state index in [4.69, 9.17) is 12.2 Å². The first-order valence-corrected chi connectivity index (χ1v) is 11.2. The second-order valence-corrected chi connectivity index (χ2v) is 8.59. The molecule has 8 heteroatoms. The highest BCUT2D eigenvalue weighted by molar-refractivity contribution is 7.71. The summed E-state index contributed by atoms with van der Waals surface area (Å²) in [4.78, 5) is 32.1. The summed E-state index contributed by atoms with van der Waals surface area (Å²) < 4.78 is 1.88. The van der Waals surface area contributed by atoms with Gasteiger partial charge in [-0.2, -0.15) is 0 Å². The van der Waals surface area contributed by atoms with E-state index in [-0.39, 0.29) is 17.5 Å². The number of aromatic nitrogens is 2. The summed E-state index contributed by atoms with van der Waals surface area (Å²) in [6.07, 6.45) is 2.41. The third-order valence-corrected chi connectivity index (χ3v) is 6.77. The first-order valence-electron chi connectivity index (χ1n) is 9.91. The van der Waals surface area contributed by atoms with E-state index in [9.17, 15) is 9.59 Å². The fourth-order valence-electron chi connectivity index (χ4n) is 3.92. The van der Waals surface area contributed by atoms with E-state index >= 15 is 0 Å². The molecule has 3 aromatic rings. The van der Waals surface area contributed by atoms with E-state index in [1.807, 2.05) is 6.92 Å². The third-order valence-electron chi connectivity index (χ3n) is 5.47. The molecule has 1 aliphatic heterocycles. The van der Waals surface area contributed by atoms with Crippen LogP contribution >= 0.6 is 23.6 Å². The highest BCUT2D eigenvalue weighted by Gasteiger charge is 2.24. The van der Waals surface area contributed by atoms with Gasteiger partial charge in [0.2, 0.25) is 0 Å². The van der Waals surface area contributed by atoms with Crippen LogP contribution in [0.15, 0.2) is 40.5 Å². The number of aromatic amines is 1. The quantitative estimate of drug-likeness (QED) is 0.587. The van der Waals surface area contributed by atoms with E-state index in [0.29, 0.717) is 34.3 Å². The SMILES string of the molecule is CCn1c(=S)[nH]c2cc(C(=O)NCC(c3cccs3)N3CCCC3)ccc2c1=O. The molecule has 1 fully saturated rings. The molecule has 1 saturated heterocycles. The number of nitrogens with zero attached hydrogens (tertiary/aromatic N) is 2. The molecule has 152 valence electrons. The number of carbonyl (C=O) groups excluding carboxylic acids is 1. The molecule has 0 saturated carbocycles. The summed E-state index contributed by atoms with van der Waals surface area (Å²) in [7, 11) is 0. The number of thiophene rings is 1. The fraction of sp³-hybridized carbons (Fsp3) is 0.381. The van der Waals surface area contributed by atoms with Gasteiger partial charge >= 0.3 is 0 Å². The van der Waals surface area contributed by atoms with Crippen molar-refractivity contribution in [2.75, 3.05) is 19.6 Å². The standard InChI is InChI=1S/C21H24N4O2S2/c1-2-25-20(27)15-8-7-14(12-16(15)23-21(25)28)19(26)22-13-17(18-6-5-11-29-18)24-9-3-4-10-24/h5-8,11-12,17H,2-4,9-10,13H2,1H3,(H,22,26)(H,23,28). The van der Waals surface area contributed by atoms with Gasteiger partial charge < -0.3 is 10.3 Å². The summed E-state index contributed by atoms with van der Waals surface area (Å²) >= 11 is 7.00. The maximum absolute atomic E-state index is 12.8. The number of benzene rings is 1. The zero-order valence-corrected chi connectivity index (χ0v) is 17.9. The van der Waals surface area contributed by atoms with Gasteiger partial charge in [-0.05, 0) is 74.7 Å². The molecule has 6 nitrogen and oxygen atoms in total. The number of amides is 1. The van der Waals surface area contributed by atoms with Crippen LogP contribution in [0.5, 0.6) is 0 Å². The zero-order chi connectivity index (χ0) is 20.4. The summed E-state index contributed by atoms with van der Waals surface area (Å²) in [5, 5.41) is 5.69. The van der Waals surface area contributed by atoms with Crippen LogP contribution < -0.4 is 10.9 Å². The normalized spacial score (nSPS) is 15.6. The van der Waals surface area contributed by atoms with Crippen molar-refractivity contribution in [3.63, 3.8) is 0 Å². The second kappa shape index (κ2) is 8.61. The lowest BCUT2D eigenvalue weighted by Crippen LogP contribution is -2.36. The molecule has 29 heavy (non-hydrogen) atoms. The summed E-state index contributed by atoms with van der Waals surface area (Å²) in [5.41, 5.74) is 0.972. The van der Waals surface area contributed by atoms with Crippen molar-refractivity contribution in [1.82, 2.24) is 19.8 Å². The number of likely N-dealkylation sites (tertiary alicyclic amines) is 1. The lowest BCUT2D eigenvalue weighted by Gasteiger charge is -2.27. The second-order valence-electron chi connectivity index (χ2n) is 7.22. The van der Waals surface area contributed by atoms with E-state index in [1.165, 1.54) is 22.3 Å². The van der Waals surface area contributed by atoms with Crippen molar-refractivity contribution in [2.45, 2.75) is 32.4 Å². The number of carbonyl (C=O) groups is 1. The zero-order valence-electron chi connectivity index (χ0n) is 16.3. The van der Waals surface area contributed by atoms with Crippen molar-refractivity contribution in [3.8, 4) is 0 Å². The van der Waals surface area contributed by atoms with Crippen LogP contribution in [-0.2, 0) is 6.54 Å². The van der Waals surface area contributed by atoms with Crippen molar-refractivity contribution in [3.05, 3.63) is 61.3 Å². The van der Waals surface area contributed by atoms with Gasteiger partial charge in [0.25, 0.3) is 11.5 Å². The Kier molecular flexibility index (Phi) is 5.94. The highest BCUT2D eigenvalue weighted by Crippen LogP contribution is 2.28. The third kappa shape index (κ3) is 4.05. The molecule has 0 bridgehead atoms. The Morgan fingerprint density at radius 3 is 2.79 bits per heavy atom. The predicted octanol–water partition coefficient (Wildman–Crippen LogP) is 3.71. The first kappa shape index (κ1) is 20.0. The van der Waals surface area contributed by atoms with Crippen molar-refractivity contribution >= 4 is 40.4 Å². The molecular formula is C21H24N4O2S2. The molecule has 4 rings (SSSR count). The minimum atomic E-state index is -0.147. The van der Waals surface area contributed by atoms with Crippen molar-refractivity contribution in [1.29, 1.82) is 0 Å². The fourth-order valence-corrected chi connectivity index (χ4v) is 5.10. The molecule has 1 aliphatic rings. The lowest BCUT2D eigenvalue weighted by atomic mass is 10.1. The van der Waals surface area contributed by atoms with Gasteiger partial charge in [-0.25, -0.2) is 0 Å². The van der Waals surface area contributed by atoms with Crippen LogP contribution in [-0.4, -0.2) is 40.0 Å². The molecular weight excluding hydrogens is 404 g/mol. The predicted molar refractivity (Wildman–Crippen MR) is 119 cm³/mol. The van der Waals surface area contributed by atoms with Crippen LogP contribution in [0.2, 0.25) is 0 Å². The Morgan fingerprint density at radius 1 is 1.31 bits per heavy atom. The number of hydrogen-bond donors (Lipinski definition) is 2. The number of H-pyrrole nitrogens is 1. The topological polar surface area (TPSA) is 70.1 Å². The molecule has 3 heterocycles. The average molecular weight is 429 g/mol. The van der Waals surface area contributed by atoms with Crippen molar-refractivity contribution < 1.29 is 4.79 Å². The average Bonchev–Trinajstić information content (AvgIpc) is 3.42. The van der Waals surface area contributed by atoms with Crippen LogP contribution in [0.1, 0.15) is 41.0 Å². The monoisotopic (exact) mass is 428 g/mol. The Morgan fingerprint density at radius 2 is 2.10 bits per heavy atom. The van der Waals surface area contributed by atoms with Crippen LogP contribution in [0.4, 0.5) is 0 Å². The molecule has 0 spiro atoms. The largest absolute Gasteiger partial charge is 0.350 e. The molecule has 1 amide bonds. The van der Waals surface area contributed by atoms with E-state index in [1.54, 1.807) is 29.5 Å². The van der Waals surface area contributed by atoms with Crippen LogP contribution in [0, 0.1) is 4.77 Å². The van der Waals surface area contributed by atoms with Gasteiger partial charge in [0, 0.05) is 23.5 Å². The lowest BCUT2D eigenvalue weighted by molar-refractivity contribution is 0.0938. The minimum absolute atomic E-state index is 0.134. The van der Waals surface area contributed by atoms with Crippen molar-refractivity contribution in [2.24, 2.45) is 0 Å². The molecule has 1 atom stereocenters. The minimum Gasteiger partial charge on any atom is -0.350 e. The Hall–Kier alpha value is -2.29. The van der Waals surface area contributed by atoms with E-state index in [0.717, 1.165) is 13.1 Å². The summed E-state index contributed by atoms with van der Waals surface area (Å²) in [6, 6.07) is 9.49. The maximum Gasteiger partial charge on any atom is 0.262 e.